The first-order chi connectivity index (χ1) is 15.1. The fourth-order valence-electron chi connectivity index (χ4n) is 4.10. The predicted octanol–water partition coefficient (Wildman–Crippen LogP) is 2.23. The van der Waals surface area contributed by atoms with Gasteiger partial charge in [0.05, 0.1) is 42.9 Å². The van der Waals surface area contributed by atoms with Crippen LogP contribution >= 0.6 is 0 Å². The Kier molecular flexibility index (Phi) is 6.99. The highest BCUT2D eigenvalue weighted by Crippen LogP contribution is 2.34. The number of likely N-dealkylation sites (tertiary alicyclic amines) is 1. The number of hydrogen-bond acceptors (Lipinski definition) is 7. The zero-order valence-corrected chi connectivity index (χ0v) is 18.4. The van der Waals surface area contributed by atoms with E-state index in [1.807, 2.05) is 48.2 Å². The van der Waals surface area contributed by atoms with Crippen LogP contribution in [0, 0.1) is 0 Å². The minimum absolute atomic E-state index is 0.0125. The number of amides is 1. The number of ether oxygens (including phenoxy) is 2. The van der Waals surface area contributed by atoms with Gasteiger partial charge >= 0.3 is 0 Å². The first-order valence-electron chi connectivity index (χ1n) is 11.0. The molecule has 2 fully saturated rings. The zero-order chi connectivity index (χ0) is 21.6. The van der Waals surface area contributed by atoms with Crippen LogP contribution in [0.25, 0.3) is 0 Å². The number of anilines is 1. The molecule has 31 heavy (non-hydrogen) atoms. The van der Waals surface area contributed by atoms with E-state index in [1.165, 1.54) is 0 Å². The molecule has 2 aliphatic rings. The van der Waals surface area contributed by atoms with E-state index in [9.17, 15) is 4.79 Å². The molecule has 1 amide bonds. The highest BCUT2D eigenvalue weighted by Gasteiger charge is 2.33. The highest BCUT2D eigenvalue weighted by molar-refractivity contribution is 5.97. The molecule has 1 aromatic carbocycles. The van der Waals surface area contributed by atoms with Crippen LogP contribution in [0.2, 0.25) is 0 Å². The summed E-state index contributed by atoms with van der Waals surface area (Å²) in [6, 6.07) is 7.46. The molecule has 166 valence electrons. The van der Waals surface area contributed by atoms with Crippen LogP contribution in [0.3, 0.4) is 0 Å². The summed E-state index contributed by atoms with van der Waals surface area (Å²) in [5.74, 6) is 1.42. The van der Waals surface area contributed by atoms with Gasteiger partial charge in [0.25, 0.3) is 5.91 Å². The molecule has 0 N–H and O–H groups in total. The Labute approximate surface area is 183 Å². The maximum atomic E-state index is 13.5. The smallest absolute Gasteiger partial charge is 0.258 e. The molecule has 2 aliphatic heterocycles. The lowest BCUT2D eigenvalue weighted by molar-refractivity contribution is 0.0321. The average molecular weight is 426 g/mol. The van der Waals surface area contributed by atoms with Gasteiger partial charge < -0.3 is 19.3 Å². The Balaban J connectivity index is 1.46. The highest BCUT2D eigenvalue weighted by atomic mass is 16.5. The van der Waals surface area contributed by atoms with Gasteiger partial charge in [-0.25, -0.2) is 4.98 Å². The fourth-order valence-corrected chi connectivity index (χ4v) is 4.10. The maximum Gasteiger partial charge on any atom is 0.258 e. The largest absolute Gasteiger partial charge is 0.491 e. The van der Waals surface area contributed by atoms with Gasteiger partial charge in [0, 0.05) is 40.3 Å². The number of para-hydroxylation sites is 1. The molecule has 8 nitrogen and oxygen atoms in total. The van der Waals surface area contributed by atoms with Crippen LogP contribution in [-0.4, -0.2) is 85.8 Å². The Morgan fingerprint density at radius 2 is 2.00 bits per heavy atom. The van der Waals surface area contributed by atoms with Gasteiger partial charge in [-0.15, -0.1) is 0 Å². The summed E-state index contributed by atoms with van der Waals surface area (Å²) in [6.07, 6.45) is 5.35. The van der Waals surface area contributed by atoms with E-state index < -0.39 is 0 Å². The quantitative estimate of drug-likeness (QED) is 0.674. The van der Waals surface area contributed by atoms with Crippen LogP contribution in [0.5, 0.6) is 5.75 Å². The van der Waals surface area contributed by atoms with E-state index in [2.05, 4.69) is 9.88 Å². The van der Waals surface area contributed by atoms with Crippen molar-refractivity contribution in [3.63, 3.8) is 0 Å². The Bertz CT molecular complexity index is 885. The minimum atomic E-state index is -0.0682. The van der Waals surface area contributed by atoms with Crippen molar-refractivity contribution < 1.29 is 14.3 Å². The number of benzene rings is 1. The molecule has 1 unspecified atom stereocenters. The van der Waals surface area contributed by atoms with E-state index in [-0.39, 0.29) is 11.9 Å². The van der Waals surface area contributed by atoms with Crippen LogP contribution in [0.15, 0.2) is 36.7 Å². The van der Waals surface area contributed by atoms with Gasteiger partial charge in [-0.1, -0.05) is 12.1 Å². The van der Waals surface area contributed by atoms with Crippen LogP contribution in [0.1, 0.15) is 34.9 Å². The molecule has 2 aromatic rings. The SMILES string of the molecule is CN(C)c1cncc(C2CCCN2C(=O)c2ccccc2OCCN2CCOCC2)n1. The molecular weight excluding hydrogens is 394 g/mol. The van der Waals surface area contributed by atoms with Crippen molar-refractivity contribution in [3.8, 4) is 5.75 Å². The summed E-state index contributed by atoms with van der Waals surface area (Å²) in [6.45, 7) is 5.46. The first kappa shape index (κ1) is 21.5. The number of hydrogen-bond donors (Lipinski definition) is 0. The monoisotopic (exact) mass is 425 g/mol. The standard InChI is InChI=1S/C23H31N5O3/c1-26(2)22-17-24-16-19(25-22)20-7-5-9-28(20)23(29)18-6-3-4-8-21(18)31-15-12-27-10-13-30-14-11-27/h3-4,6,8,16-17,20H,5,7,9-15H2,1-2H3. The molecule has 0 spiro atoms. The molecule has 0 saturated carbocycles. The van der Waals surface area contributed by atoms with E-state index in [0.717, 1.165) is 57.2 Å². The molecule has 1 atom stereocenters. The number of carbonyl (C=O) groups excluding carboxylic acids is 1. The number of carbonyl (C=O) groups is 1. The molecule has 2 saturated heterocycles. The second-order valence-electron chi connectivity index (χ2n) is 8.15. The van der Waals surface area contributed by atoms with Crippen LogP contribution in [0.4, 0.5) is 5.82 Å². The summed E-state index contributed by atoms with van der Waals surface area (Å²) in [5.41, 5.74) is 1.44. The molecule has 3 heterocycles. The molecule has 4 rings (SSSR count). The first-order valence-corrected chi connectivity index (χ1v) is 11.0. The van der Waals surface area contributed by atoms with Gasteiger partial charge in [-0.05, 0) is 25.0 Å². The Morgan fingerprint density at radius 3 is 2.81 bits per heavy atom. The Hall–Kier alpha value is -2.71. The van der Waals surface area contributed by atoms with Gasteiger partial charge in [-0.3, -0.25) is 14.7 Å². The lowest BCUT2D eigenvalue weighted by Crippen LogP contribution is -2.38. The van der Waals surface area contributed by atoms with Gasteiger partial charge in [0.1, 0.15) is 18.2 Å². The van der Waals surface area contributed by atoms with E-state index >= 15 is 0 Å². The Morgan fingerprint density at radius 1 is 1.19 bits per heavy atom. The number of aromatic nitrogens is 2. The third-order valence-electron chi connectivity index (χ3n) is 5.84. The van der Waals surface area contributed by atoms with Crippen molar-refractivity contribution in [1.29, 1.82) is 0 Å². The van der Waals surface area contributed by atoms with Crippen molar-refractivity contribution in [3.05, 3.63) is 47.9 Å². The molecule has 0 radical (unpaired) electrons. The second kappa shape index (κ2) is 10.1. The minimum Gasteiger partial charge on any atom is -0.491 e. The summed E-state index contributed by atoms with van der Waals surface area (Å²) < 4.78 is 11.4. The zero-order valence-electron chi connectivity index (χ0n) is 18.4. The molecule has 8 heteroatoms. The second-order valence-corrected chi connectivity index (χ2v) is 8.15. The number of nitrogens with zero attached hydrogens (tertiary/aromatic N) is 5. The summed E-state index contributed by atoms with van der Waals surface area (Å²) in [5, 5.41) is 0. The lowest BCUT2D eigenvalue weighted by Gasteiger charge is -2.27. The van der Waals surface area contributed by atoms with Gasteiger partial charge in [0.15, 0.2) is 0 Å². The lowest BCUT2D eigenvalue weighted by atomic mass is 10.1. The summed E-state index contributed by atoms with van der Waals surface area (Å²) in [4.78, 5) is 28.7. The normalized spacial score (nSPS) is 19.4. The van der Waals surface area contributed by atoms with Crippen LogP contribution < -0.4 is 9.64 Å². The predicted molar refractivity (Wildman–Crippen MR) is 119 cm³/mol. The molecule has 1 aromatic heterocycles. The number of rotatable bonds is 7. The third-order valence-corrected chi connectivity index (χ3v) is 5.84. The van der Waals surface area contributed by atoms with Crippen molar-refractivity contribution in [2.24, 2.45) is 0 Å². The fraction of sp³-hybridized carbons (Fsp3) is 0.522. The van der Waals surface area contributed by atoms with E-state index in [0.29, 0.717) is 24.5 Å². The third kappa shape index (κ3) is 5.14. The molecular formula is C23H31N5O3. The van der Waals surface area contributed by atoms with E-state index in [1.54, 1.807) is 12.4 Å². The topological polar surface area (TPSA) is 71.0 Å². The number of morpholine rings is 1. The average Bonchev–Trinajstić information content (AvgIpc) is 3.30. The van der Waals surface area contributed by atoms with Crippen molar-refractivity contribution >= 4 is 11.7 Å². The summed E-state index contributed by atoms with van der Waals surface area (Å²) in [7, 11) is 3.88. The van der Waals surface area contributed by atoms with E-state index in [4.69, 9.17) is 14.5 Å². The van der Waals surface area contributed by atoms with Crippen molar-refractivity contribution in [2.45, 2.75) is 18.9 Å². The molecule has 0 aliphatic carbocycles. The van der Waals surface area contributed by atoms with Gasteiger partial charge in [-0.2, -0.15) is 0 Å². The van der Waals surface area contributed by atoms with Gasteiger partial charge in [0.2, 0.25) is 0 Å². The summed E-state index contributed by atoms with van der Waals surface area (Å²) >= 11 is 0. The van der Waals surface area contributed by atoms with Crippen LogP contribution in [-0.2, 0) is 4.74 Å². The van der Waals surface area contributed by atoms with Crippen molar-refractivity contribution in [2.75, 3.05) is 65.0 Å². The van der Waals surface area contributed by atoms with Crippen molar-refractivity contribution in [1.82, 2.24) is 19.8 Å². The molecule has 0 bridgehead atoms. The maximum absolute atomic E-state index is 13.5.